The number of carbonyl (C=O) groups is 1. The van der Waals surface area contributed by atoms with Gasteiger partial charge in [-0.15, -0.1) is 11.3 Å². The van der Waals surface area contributed by atoms with E-state index in [0.29, 0.717) is 41.2 Å². The van der Waals surface area contributed by atoms with Crippen molar-refractivity contribution in [3.8, 4) is 23.0 Å². The van der Waals surface area contributed by atoms with Crippen molar-refractivity contribution in [3.05, 3.63) is 92.0 Å². The highest BCUT2D eigenvalue weighted by Gasteiger charge is 2.24. The fourth-order valence-electron chi connectivity index (χ4n) is 3.96. The van der Waals surface area contributed by atoms with Gasteiger partial charge in [0.25, 0.3) is 11.5 Å². The minimum Gasteiger partial charge on any atom is -0.378 e. The zero-order chi connectivity index (χ0) is 24.2. The van der Waals surface area contributed by atoms with Gasteiger partial charge in [0.1, 0.15) is 10.7 Å². The molecule has 3 heterocycles. The van der Waals surface area contributed by atoms with E-state index in [0.717, 1.165) is 28.2 Å². The first-order valence-electron chi connectivity index (χ1n) is 11.1. The topological polar surface area (TPSA) is 104 Å². The summed E-state index contributed by atoms with van der Waals surface area (Å²) in [5, 5.41) is 17.2. The highest BCUT2D eigenvalue weighted by molar-refractivity contribution is 7.07. The van der Waals surface area contributed by atoms with Crippen molar-refractivity contribution in [2.75, 3.05) is 26.3 Å². The molecule has 35 heavy (non-hydrogen) atoms. The molecule has 1 saturated heterocycles. The number of aromatic amines is 1. The average Bonchev–Trinajstić information content (AvgIpc) is 3.50. The Kier molecular flexibility index (Phi) is 6.39. The third-order valence-corrected chi connectivity index (χ3v) is 6.79. The molecule has 0 saturated carbocycles. The summed E-state index contributed by atoms with van der Waals surface area (Å²) in [6.07, 6.45) is 3.40. The number of nitrogens with zero attached hydrogens (tertiary/aromatic N) is 4. The van der Waals surface area contributed by atoms with Crippen LogP contribution in [0.25, 0.3) is 28.6 Å². The van der Waals surface area contributed by atoms with Crippen molar-refractivity contribution >= 4 is 28.9 Å². The number of hydrogen-bond acceptors (Lipinski definition) is 6. The van der Waals surface area contributed by atoms with Crippen LogP contribution in [-0.2, 0) is 9.53 Å². The number of ether oxygens (including phenoxy) is 1. The summed E-state index contributed by atoms with van der Waals surface area (Å²) in [4.78, 5) is 28.5. The average molecular weight is 484 g/mol. The van der Waals surface area contributed by atoms with Gasteiger partial charge in [-0.1, -0.05) is 48.5 Å². The van der Waals surface area contributed by atoms with Gasteiger partial charge in [0.15, 0.2) is 5.57 Å². The number of aromatic nitrogens is 3. The monoisotopic (exact) mass is 483 g/mol. The van der Waals surface area contributed by atoms with E-state index in [2.05, 4.69) is 16.3 Å². The maximum absolute atomic E-state index is 13.6. The molecule has 0 aliphatic carbocycles. The predicted molar refractivity (Wildman–Crippen MR) is 133 cm³/mol. The smallest absolute Gasteiger partial charge is 0.273 e. The molecule has 0 spiro atoms. The van der Waals surface area contributed by atoms with Gasteiger partial charge in [-0.3, -0.25) is 19.3 Å². The number of H-pyrrole nitrogens is 1. The zero-order valence-corrected chi connectivity index (χ0v) is 19.5. The van der Waals surface area contributed by atoms with Crippen LogP contribution in [0.15, 0.2) is 71.7 Å². The fourth-order valence-corrected chi connectivity index (χ4v) is 5.04. The van der Waals surface area contributed by atoms with Crippen molar-refractivity contribution in [3.63, 3.8) is 0 Å². The zero-order valence-electron chi connectivity index (χ0n) is 18.7. The summed E-state index contributed by atoms with van der Waals surface area (Å²) >= 11 is 1.12. The first-order valence-corrected chi connectivity index (χ1v) is 11.9. The summed E-state index contributed by atoms with van der Waals surface area (Å²) in [6, 6.07) is 20.8. The van der Waals surface area contributed by atoms with Crippen LogP contribution in [0, 0.1) is 11.3 Å². The van der Waals surface area contributed by atoms with E-state index in [4.69, 9.17) is 4.74 Å². The Labute approximate surface area is 204 Å². The van der Waals surface area contributed by atoms with Crippen LogP contribution in [0.5, 0.6) is 0 Å². The van der Waals surface area contributed by atoms with E-state index in [-0.39, 0.29) is 11.1 Å². The number of rotatable bonds is 4. The van der Waals surface area contributed by atoms with Crippen molar-refractivity contribution < 1.29 is 9.53 Å². The van der Waals surface area contributed by atoms with Gasteiger partial charge >= 0.3 is 0 Å². The minimum absolute atomic E-state index is 0.0621. The molecule has 0 unspecified atom stereocenters. The molecule has 5 rings (SSSR count). The van der Waals surface area contributed by atoms with Crippen molar-refractivity contribution in [2.45, 2.75) is 0 Å². The predicted octanol–water partition coefficient (Wildman–Crippen LogP) is 1.65. The van der Waals surface area contributed by atoms with Crippen LogP contribution in [0.3, 0.4) is 0 Å². The van der Waals surface area contributed by atoms with E-state index < -0.39 is 5.91 Å². The van der Waals surface area contributed by atoms with Crippen LogP contribution >= 0.6 is 11.3 Å². The first kappa shape index (κ1) is 22.5. The lowest BCUT2D eigenvalue weighted by molar-refractivity contribution is -0.128. The number of para-hydroxylation sites is 1. The molecule has 4 aromatic rings. The largest absolute Gasteiger partial charge is 0.378 e. The number of amides is 1. The maximum atomic E-state index is 13.6. The molecule has 8 nitrogen and oxygen atoms in total. The van der Waals surface area contributed by atoms with Crippen LogP contribution < -0.4 is 14.8 Å². The van der Waals surface area contributed by atoms with E-state index in [1.807, 2.05) is 48.5 Å². The van der Waals surface area contributed by atoms with E-state index in [1.165, 1.54) is 4.57 Å². The maximum Gasteiger partial charge on any atom is 0.273 e. The summed E-state index contributed by atoms with van der Waals surface area (Å²) < 4.78 is 7.47. The van der Waals surface area contributed by atoms with Gasteiger partial charge < -0.3 is 9.64 Å². The number of nitrogens with one attached hydrogen (secondary N) is 1. The lowest BCUT2D eigenvalue weighted by atomic mass is 10.1. The molecule has 1 fully saturated rings. The van der Waals surface area contributed by atoms with Gasteiger partial charge in [-0.25, -0.2) is 0 Å². The van der Waals surface area contributed by atoms with E-state index >= 15 is 0 Å². The molecular weight excluding hydrogens is 462 g/mol. The Morgan fingerprint density at radius 1 is 1.09 bits per heavy atom. The Morgan fingerprint density at radius 3 is 2.46 bits per heavy atom. The van der Waals surface area contributed by atoms with Crippen LogP contribution in [0.4, 0.5) is 0 Å². The SMILES string of the molecule is N#C/C(C(=O)N1CCOCC1)=c1/s/c(=C/c2cn[nH]c2-c2ccccc2)c(=O)n1-c1ccccc1. The third kappa shape index (κ3) is 4.45. The molecule has 9 heteroatoms. The Hall–Kier alpha value is -4.26. The second-order valence-electron chi connectivity index (χ2n) is 7.85. The molecule has 1 aliphatic heterocycles. The molecule has 0 atom stereocenters. The highest BCUT2D eigenvalue weighted by atomic mass is 32.1. The Morgan fingerprint density at radius 2 is 1.77 bits per heavy atom. The number of benzene rings is 2. The Balaban J connectivity index is 1.74. The Bertz CT molecular complexity index is 1570. The van der Waals surface area contributed by atoms with Gasteiger partial charge in [0.05, 0.1) is 35.3 Å². The van der Waals surface area contributed by atoms with E-state index in [9.17, 15) is 14.9 Å². The fraction of sp³-hybridized carbons (Fsp3) is 0.154. The molecule has 1 amide bonds. The summed E-state index contributed by atoms with van der Waals surface area (Å²) in [5.74, 6) is -0.401. The quantitative estimate of drug-likeness (QED) is 0.475. The molecule has 2 aromatic heterocycles. The van der Waals surface area contributed by atoms with Crippen LogP contribution in [-0.4, -0.2) is 51.9 Å². The molecule has 1 N–H and O–H groups in total. The first-order chi connectivity index (χ1) is 17.2. The molecule has 0 radical (unpaired) electrons. The van der Waals surface area contributed by atoms with Crippen molar-refractivity contribution in [2.24, 2.45) is 0 Å². The molecular formula is C26H21N5O3S. The summed E-state index contributed by atoms with van der Waals surface area (Å²) in [5.41, 5.74) is 2.66. The third-order valence-electron chi connectivity index (χ3n) is 5.69. The minimum atomic E-state index is -0.401. The van der Waals surface area contributed by atoms with Crippen LogP contribution in [0.1, 0.15) is 5.56 Å². The number of nitriles is 1. The molecule has 174 valence electrons. The summed E-state index contributed by atoms with van der Waals surface area (Å²) in [6.45, 7) is 1.64. The number of thiazole rings is 1. The van der Waals surface area contributed by atoms with Crippen LogP contribution in [0.2, 0.25) is 0 Å². The number of morpholine rings is 1. The van der Waals surface area contributed by atoms with Gasteiger partial charge in [-0.2, -0.15) is 10.4 Å². The lowest BCUT2D eigenvalue weighted by Crippen LogP contribution is -2.42. The second kappa shape index (κ2) is 9.93. The molecule has 0 bridgehead atoms. The van der Waals surface area contributed by atoms with Gasteiger partial charge in [0, 0.05) is 24.2 Å². The molecule has 1 aliphatic rings. The molecule has 2 aromatic carbocycles. The van der Waals surface area contributed by atoms with Crippen molar-refractivity contribution in [1.82, 2.24) is 19.7 Å². The summed E-state index contributed by atoms with van der Waals surface area (Å²) in [7, 11) is 0. The number of hydrogen-bond donors (Lipinski definition) is 1. The number of carbonyl (C=O) groups excluding carboxylic acids is 1. The standard InChI is InChI=1S/C26H21N5O3S/c27-16-21(24(32)30-11-13-34-14-12-30)26-31(20-9-5-2-6-10-20)25(33)22(35-26)15-19-17-28-29-23(19)18-7-3-1-4-8-18/h1-10,15,17H,11-14H2,(H,28,29)/b22-15+,26-21-. The van der Waals surface area contributed by atoms with Gasteiger partial charge in [-0.05, 0) is 18.2 Å². The van der Waals surface area contributed by atoms with Crippen molar-refractivity contribution in [1.29, 1.82) is 5.26 Å². The van der Waals surface area contributed by atoms with Gasteiger partial charge in [0.2, 0.25) is 0 Å². The second-order valence-corrected chi connectivity index (χ2v) is 8.88. The normalized spacial score (nSPS) is 15.1. The highest BCUT2D eigenvalue weighted by Crippen LogP contribution is 2.21. The van der Waals surface area contributed by atoms with E-state index in [1.54, 1.807) is 29.3 Å². The lowest BCUT2D eigenvalue weighted by Gasteiger charge is -2.26.